The van der Waals surface area contributed by atoms with Crippen LogP contribution >= 0.6 is 0 Å². The molecule has 1 aromatic heterocycles. The maximum absolute atomic E-state index is 4.94. The van der Waals surface area contributed by atoms with Gasteiger partial charge in [-0.05, 0) is 44.0 Å². The first-order valence-corrected chi connectivity index (χ1v) is 10.9. The molecule has 1 aliphatic heterocycles. The number of benzene rings is 1. The Balaban J connectivity index is 1.68. The summed E-state index contributed by atoms with van der Waals surface area (Å²) < 4.78 is 1.84. The largest absolute Gasteiger partial charge is 0.357 e. The number of aliphatic imine (C=N–C) groups is 1. The molecule has 0 saturated carbocycles. The Morgan fingerprint density at radius 1 is 1.14 bits per heavy atom. The van der Waals surface area contributed by atoms with Gasteiger partial charge in [0.25, 0.3) is 0 Å². The van der Waals surface area contributed by atoms with Gasteiger partial charge in [-0.25, -0.2) is 4.99 Å². The molecule has 0 bridgehead atoms. The quantitative estimate of drug-likeness (QED) is 0.576. The van der Waals surface area contributed by atoms with Crippen molar-refractivity contribution in [1.29, 1.82) is 0 Å². The molecule has 1 aromatic carbocycles. The topological polar surface area (TPSA) is 48.7 Å². The number of hydrogen-bond donors (Lipinski definition) is 1. The molecule has 1 aliphatic rings. The van der Waals surface area contributed by atoms with E-state index in [0.717, 1.165) is 25.6 Å². The molecule has 1 N–H and O–H groups in total. The lowest BCUT2D eigenvalue weighted by molar-refractivity contribution is 0.276. The Labute approximate surface area is 175 Å². The lowest BCUT2D eigenvalue weighted by Gasteiger charge is -2.23. The molecule has 0 radical (unpaired) electrons. The third kappa shape index (κ3) is 6.60. The van der Waals surface area contributed by atoms with E-state index in [0.29, 0.717) is 6.54 Å². The van der Waals surface area contributed by atoms with Crippen molar-refractivity contribution in [2.45, 2.75) is 52.2 Å². The van der Waals surface area contributed by atoms with Crippen molar-refractivity contribution in [3.8, 4) is 0 Å². The average Bonchev–Trinajstić information content (AvgIpc) is 2.96. The highest BCUT2D eigenvalue weighted by Crippen LogP contribution is 2.17. The van der Waals surface area contributed by atoms with Gasteiger partial charge in [0, 0.05) is 45.5 Å². The van der Waals surface area contributed by atoms with Crippen molar-refractivity contribution in [1.82, 2.24) is 24.9 Å². The van der Waals surface area contributed by atoms with E-state index in [2.05, 4.69) is 64.6 Å². The van der Waals surface area contributed by atoms with Crippen LogP contribution in [0.2, 0.25) is 0 Å². The Kier molecular flexibility index (Phi) is 8.11. The van der Waals surface area contributed by atoms with Crippen molar-refractivity contribution in [2.24, 2.45) is 12.0 Å². The van der Waals surface area contributed by atoms with Crippen LogP contribution in [0.3, 0.4) is 0 Å². The zero-order valence-electron chi connectivity index (χ0n) is 18.3. The van der Waals surface area contributed by atoms with E-state index in [1.54, 1.807) is 0 Å². The Morgan fingerprint density at radius 3 is 2.52 bits per heavy atom. The van der Waals surface area contributed by atoms with Gasteiger partial charge in [0.15, 0.2) is 5.96 Å². The monoisotopic (exact) mass is 396 g/mol. The molecular weight excluding hydrogens is 360 g/mol. The molecule has 0 atom stereocenters. The van der Waals surface area contributed by atoms with Crippen LogP contribution in [0.25, 0.3) is 0 Å². The summed E-state index contributed by atoms with van der Waals surface area (Å²) in [6.07, 6.45) is 9.36. The van der Waals surface area contributed by atoms with Crippen molar-refractivity contribution in [2.75, 3.05) is 26.7 Å². The van der Waals surface area contributed by atoms with Gasteiger partial charge < -0.3 is 10.2 Å². The highest BCUT2D eigenvalue weighted by molar-refractivity contribution is 5.79. The molecule has 158 valence electrons. The summed E-state index contributed by atoms with van der Waals surface area (Å²) >= 11 is 0. The van der Waals surface area contributed by atoms with Gasteiger partial charge in [0.1, 0.15) is 0 Å². The van der Waals surface area contributed by atoms with Gasteiger partial charge in [-0.3, -0.25) is 9.58 Å². The van der Waals surface area contributed by atoms with Gasteiger partial charge in [-0.2, -0.15) is 5.10 Å². The molecule has 3 rings (SSSR count). The molecule has 1 fully saturated rings. The summed E-state index contributed by atoms with van der Waals surface area (Å²) in [5.74, 6) is 0.931. The minimum absolute atomic E-state index is 0.698. The summed E-state index contributed by atoms with van der Waals surface area (Å²) in [5, 5.41) is 7.69. The van der Waals surface area contributed by atoms with E-state index < -0.39 is 0 Å². The number of nitrogens with zero attached hydrogens (tertiary/aromatic N) is 5. The second-order valence-corrected chi connectivity index (χ2v) is 8.01. The van der Waals surface area contributed by atoms with Crippen LogP contribution in [-0.2, 0) is 26.7 Å². The fourth-order valence-electron chi connectivity index (χ4n) is 3.93. The van der Waals surface area contributed by atoms with Gasteiger partial charge in [0.2, 0.25) is 0 Å². The van der Waals surface area contributed by atoms with E-state index in [1.165, 1.54) is 55.5 Å². The Bertz CT molecular complexity index is 773. The molecule has 1 saturated heterocycles. The highest BCUT2D eigenvalue weighted by atomic mass is 15.3. The summed E-state index contributed by atoms with van der Waals surface area (Å²) in [7, 11) is 4.03. The van der Waals surface area contributed by atoms with Crippen molar-refractivity contribution < 1.29 is 0 Å². The molecule has 0 spiro atoms. The van der Waals surface area contributed by atoms with Crippen LogP contribution in [-0.4, -0.2) is 52.2 Å². The molecule has 2 heterocycles. The molecule has 0 aliphatic carbocycles. The number of likely N-dealkylation sites (tertiary alicyclic amines) is 1. The summed E-state index contributed by atoms with van der Waals surface area (Å²) in [5.41, 5.74) is 3.91. The third-order valence-electron chi connectivity index (χ3n) is 5.48. The SMILES string of the molecule is CCNC(=NCc1ccccc1CN1CCCCCC1)N(C)Cc1cnn(C)c1. The smallest absolute Gasteiger partial charge is 0.194 e. The fraction of sp³-hybridized carbons (Fsp3) is 0.565. The van der Waals surface area contributed by atoms with E-state index in [1.807, 2.05) is 17.9 Å². The van der Waals surface area contributed by atoms with Crippen LogP contribution in [0.1, 0.15) is 49.3 Å². The number of aryl methyl sites for hydroxylation is 1. The maximum Gasteiger partial charge on any atom is 0.194 e. The van der Waals surface area contributed by atoms with E-state index in [4.69, 9.17) is 4.99 Å². The van der Waals surface area contributed by atoms with Gasteiger partial charge in [-0.15, -0.1) is 0 Å². The first-order chi connectivity index (χ1) is 14.2. The zero-order valence-corrected chi connectivity index (χ0v) is 18.3. The fourth-order valence-corrected chi connectivity index (χ4v) is 3.93. The molecule has 6 heteroatoms. The van der Waals surface area contributed by atoms with E-state index in [9.17, 15) is 0 Å². The van der Waals surface area contributed by atoms with E-state index in [-0.39, 0.29) is 0 Å². The van der Waals surface area contributed by atoms with Crippen LogP contribution in [0.5, 0.6) is 0 Å². The van der Waals surface area contributed by atoms with Gasteiger partial charge >= 0.3 is 0 Å². The lowest BCUT2D eigenvalue weighted by Crippen LogP contribution is -2.38. The second kappa shape index (κ2) is 11.0. The van der Waals surface area contributed by atoms with Crippen molar-refractivity contribution in [3.05, 3.63) is 53.3 Å². The molecule has 0 unspecified atom stereocenters. The molecule has 0 amide bonds. The van der Waals surface area contributed by atoms with Crippen molar-refractivity contribution in [3.63, 3.8) is 0 Å². The van der Waals surface area contributed by atoms with E-state index >= 15 is 0 Å². The predicted octanol–water partition coefficient (Wildman–Crippen LogP) is 3.39. The number of nitrogens with one attached hydrogen (secondary N) is 1. The number of aromatic nitrogens is 2. The first kappa shape index (κ1) is 21.4. The molecular formula is C23H36N6. The second-order valence-electron chi connectivity index (χ2n) is 8.01. The number of rotatable bonds is 7. The third-order valence-corrected chi connectivity index (χ3v) is 5.48. The lowest BCUT2D eigenvalue weighted by atomic mass is 10.1. The molecule has 29 heavy (non-hydrogen) atoms. The first-order valence-electron chi connectivity index (χ1n) is 10.9. The van der Waals surface area contributed by atoms with Crippen LogP contribution in [0.15, 0.2) is 41.7 Å². The summed E-state index contributed by atoms with van der Waals surface area (Å²) in [6.45, 7) is 7.92. The average molecular weight is 397 g/mol. The summed E-state index contributed by atoms with van der Waals surface area (Å²) in [6, 6.07) is 8.77. The Hall–Kier alpha value is -2.34. The van der Waals surface area contributed by atoms with Gasteiger partial charge in [0.05, 0.1) is 12.7 Å². The number of hydrogen-bond acceptors (Lipinski definition) is 3. The van der Waals surface area contributed by atoms with Crippen LogP contribution in [0, 0.1) is 0 Å². The normalized spacial score (nSPS) is 15.9. The highest BCUT2D eigenvalue weighted by Gasteiger charge is 2.12. The molecule has 2 aromatic rings. The summed E-state index contributed by atoms with van der Waals surface area (Å²) in [4.78, 5) is 9.72. The minimum atomic E-state index is 0.698. The minimum Gasteiger partial charge on any atom is -0.357 e. The maximum atomic E-state index is 4.94. The molecule has 6 nitrogen and oxygen atoms in total. The van der Waals surface area contributed by atoms with Crippen LogP contribution in [0.4, 0.5) is 0 Å². The zero-order chi connectivity index (χ0) is 20.5. The van der Waals surface area contributed by atoms with Gasteiger partial charge in [-0.1, -0.05) is 37.1 Å². The Morgan fingerprint density at radius 2 is 1.86 bits per heavy atom. The number of guanidine groups is 1. The van der Waals surface area contributed by atoms with Crippen LogP contribution < -0.4 is 5.32 Å². The predicted molar refractivity (Wildman–Crippen MR) is 120 cm³/mol. The van der Waals surface area contributed by atoms with Crippen molar-refractivity contribution >= 4 is 5.96 Å². The standard InChI is InChI=1S/C23H36N6/c1-4-24-23(27(2)17-20-15-26-28(3)18-20)25-16-21-11-7-8-12-22(21)19-29-13-9-5-6-10-14-29/h7-8,11-12,15,18H,4-6,9-10,13-14,16-17,19H2,1-3H3,(H,24,25).